The molecule has 4 aromatic rings. The van der Waals surface area contributed by atoms with Crippen LogP contribution in [0, 0.1) is 6.92 Å². The van der Waals surface area contributed by atoms with Crippen molar-refractivity contribution >= 4 is 32.2 Å². The highest BCUT2D eigenvalue weighted by Gasteiger charge is 2.16. The van der Waals surface area contributed by atoms with Gasteiger partial charge in [0.05, 0.1) is 17.7 Å². The number of hydrogen-bond donors (Lipinski definition) is 1. The van der Waals surface area contributed by atoms with E-state index in [1.807, 2.05) is 38.1 Å². The van der Waals surface area contributed by atoms with Gasteiger partial charge >= 0.3 is 0 Å². The van der Waals surface area contributed by atoms with Crippen LogP contribution in [0.1, 0.15) is 22.8 Å². The second kappa shape index (κ2) is 12.3. The van der Waals surface area contributed by atoms with Gasteiger partial charge in [-0.25, -0.2) is 13.4 Å². The van der Waals surface area contributed by atoms with Crippen LogP contribution >= 0.6 is 11.3 Å². The molecule has 204 valence electrons. The predicted molar refractivity (Wildman–Crippen MR) is 149 cm³/mol. The molecule has 1 N–H and O–H groups in total. The van der Waals surface area contributed by atoms with E-state index in [2.05, 4.69) is 10.3 Å². The summed E-state index contributed by atoms with van der Waals surface area (Å²) in [6, 6.07) is 18.4. The number of carbonyl (C=O) groups excluding carboxylic acids is 1. The van der Waals surface area contributed by atoms with E-state index in [1.165, 1.54) is 23.5 Å². The van der Waals surface area contributed by atoms with Gasteiger partial charge in [0.25, 0.3) is 5.91 Å². The number of amides is 1. The smallest absolute Gasteiger partial charge is 0.257 e. The molecule has 0 saturated carbocycles. The number of sulfone groups is 1. The summed E-state index contributed by atoms with van der Waals surface area (Å²) in [5, 5.41) is 3.67. The normalized spacial score (nSPS) is 12.0. The Morgan fingerprint density at radius 1 is 0.974 bits per heavy atom. The number of anilines is 1. The van der Waals surface area contributed by atoms with E-state index in [-0.39, 0.29) is 16.6 Å². The maximum Gasteiger partial charge on any atom is 0.257 e. The Balaban J connectivity index is 1.53. The van der Waals surface area contributed by atoms with E-state index in [9.17, 15) is 13.2 Å². The van der Waals surface area contributed by atoms with E-state index < -0.39 is 15.7 Å². The van der Waals surface area contributed by atoms with Gasteiger partial charge in [0, 0.05) is 25.0 Å². The molecule has 0 aliphatic carbocycles. The van der Waals surface area contributed by atoms with Crippen molar-refractivity contribution < 1.29 is 32.2 Å². The molecule has 9 nitrogen and oxygen atoms in total. The Kier molecular flexibility index (Phi) is 8.85. The van der Waals surface area contributed by atoms with Crippen LogP contribution in [0.3, 0.4) is 0 Å². The lowest BCUT2D eigenvalue weighted by atomic mass is 10.2. The van der Waals surface area contributed by atoms with Gasteiger partial charge in [-0.2, -0.15) is 0 Å². The predicted octanol–water partition coefficient (Wildman–Crippen LogP) is 6.11. The summed E-state index contributed by atoms with van der Waals surface area (Å²) in [5.74, 6) is 1.38. The molecule has 4 rings (SSSR count). The molecule has 0 aliphatic heterocycles. The van der Waals surface area contributed by atoms with Crippen LogP contribution in [0.25, 0.3) is 0 Å². The van der Waals surface area contributed by atoms with Gasteiger partial charge in [0.1, 0.15) is 29.1 Å². The molecule has 1 amide bonds. The maximum absolute atomic E-state index is 13.2. The number of benzene rings is 3. The van der Waals surface area contributed by atoms with E-state index in [1.54, 1.807) is 43.6 Å². The lowest BCUT2D eigenvalue weighted by molar-refractivity contribution is 0.0916. The zero-order valence-corrected chi connectivity index (χ0v) is 23.5. The van der Waals surface area contributed by atoms with Crippen molar-refractivity contribution in [2.75, 3.05) is 25.3 Å². The summed E-state index contributed by atoms with van der Waals surface area (Å²) in [5.41, 5.74) is 1.34. The summed E-state index contributed by atoms with van der Waals surface area (Å²) in [6.45, 7) is 4.16. The molecule has 0 unspecified atom stereocenters. The van der Waals surface area contributed by atoms with Gasteiger partial charge in [-0.05, 0) is 67.9 Å². The van der Waals surface area contributed by atoms with Gasteiger partial charge in [0.2, 0.25) is 5.06 Å². The first-order chi connectivity index (χ1) is 18.6. The van der Waals surface area contributed by atoms with E-state index in [0.717, 1.165) is 11.8 Å². The largest absolute Gasteiger partial charge is 0.488 e. The zero-order valence-electron chi connectivity index (χ0n) is 21.8. The lowest BCUT2D eigenvalue weighted by Crippen LogP contribution is -2.18. The Bertz CT molecular complexity index is 1550. The second-order valence-electron chi connectivity index (χ2n) is 8.78. The monoisotopic (exact) mass is 568 g/mol. The second-order valence-corrected chi connectivity index (χ2v) is 11.8. The quantitative estimate of drug-likeness (QED) is 0.231. The van der Waals surface area contributed by atoms with Crippen molar-refractivity contribution in [3.63, 3.8) is 0 Å². The molecule has 0 fully saturated rings. The number of hydrogen-bond acceptors (Lipinski definition) is 9. The third-order valence-electron chi connectivity index (χ3n) is 5.28. The molecule has 11 heteroatoms. The van der Waals surface area contributed by atoms with Crippen molar-refractivity contribution in [1.29, 1.82) is 0 Å². The number of nitrogens with one attached hydrogen (secondary N) is 1. The number of rotatable bonds is 11. The molecule has 1 heterocycles. The summed E-state index contributed by atoms with van der Waals surface area (Å²) < 4.78 is 46.3. The average Bonchev–Trinajstić information content (AvgIpc) is 3.30. The minimum Gasteiger partial charge on any atom is -0.488 e. The fraction of sp³-hybridized carbons (Fsp3) is 0.214. The number of aryl methyl sites for hydroxylation is 1. The van der Waals surface area contributed by atoms with Crippen molar-refractivity contribution in [3.05, 3.63) is 84.1 Å². The van der Waals surface area contributed by atoms with E-state index >= 15 is 0 Å². The van der Waals surface area contributed by atoms with Crippen LogP contribution < -0.4 is 19.5 Å². The number of thiazole rings is 1. The molecule has 3 aromatic carbocycles. The van der Waals surface area contributed by atoms with Gasteiger partial charge in [0.15, 0.2) is 15.0 Å². The van der Waals surface area contributed by atoms with Crippen LogP contribution in [-0.2, 0) is 14.6 Å². The third kappa shape index (κ3) is 8.03. The molecule has 0 bridgehead atoms. The van der Waals surface area contributed by atoms with Crippen molar-refractivity contribution in [2.24, 2.45) is 0 Å². The molecule has 39 heavy (non-hydrogen) atoms. The lowest BCUT2D eigenvalue weighted by Gasteiger charge is -2.16. The molecular weight excluding hydrogens is 540 g/mol. The number of ether oxygens (including phenoxy) is 4. The molecule has 0 radical (unpaired) electrons. The molecule has 1 aromatic heterocycles. The number of aromatic nitrogens is 1. The summed E-state index contributed by atoms with van der Waals surface area (Å²) in [4.78, 5) is 17.6. The highest BCUT2D eigenvalue weighted by atomic mass is 32.2. The Morgan fingerprint density at radius 2 is 1.72 bits per heavy atom. The summed E-state index contributed by atoms with van der Waals surface area (Å²) in [7, 11) is -1.77. The average molecular weight is 569 g/mol. The van der Waals surface area contributed by atoms with Crippen molar-refractivity contribution in [3.8, 4) is 28.1 Å². The maximum atomic E-state index is 13.2. The van der Waals surface area contributed by atoms with Gasteiger partial charge in [-0.15, -0.1) is 0 Å². The molecule has 1 atom stereocenters. The van der Waals surface area contributed by atoms with Crippen LogP contribution in [0.15, 0.2) is 77.8 Å². The van der Waals surface area contributed by atoms with E-state index in [4.69, 9.17) is 18.9 Å². The molecular formula is C28H28N2O7S2. The number of nitrogens with zero attached hydrogens (tertiary/aromatic N) is 1. The fourth-order valence-corrected chi connectivity index (χ4v) is 4.86. The minimum atomic E-state index is -3.34. The van der Waals surface area contributed by atoms with Gasteiger partial charge < -0.3 is 18.9 Å². The van der Waals surface area contributed by atoms with E-state index in [0.29, 0.717) is 39.8 Å². The van der Waals surface area contributed by atoms with Crippen molar-refractivity contribution in [1.82, 2.24) is 4.98 Å². The van der Waals surface area contributed by atoms with Gasteiger partial charge in [-0.3, -0.25) is 10.1 Å². The number of methoxy groups -OCH3 is 1. The first-order valence-electron chi connectivity index (χ1n) is 11.9. The standard InChI is InChI=1S/C28H28N2O7S2/c1-18-6-5-7-22(12-18)37-26-16-29-28(38-26)30-27(31)20-13-23(35-19(2)17-34-3)15-24(14-20)36-21-8-10-25(11-9-21)39(4,32)33/h5-16,19H,17H2,1-4H3,(H,29,30,31)/t19-/m0/s1. The molecule has 0 spiro atoms. The minimum absolute atomic E-state index is 0.176. The summed E-state index contributed by atoms with van der Waals surface area (Å²) >= 11 is 1.19. The topological polar surface area (TPSA) is 113 Å². The van der Waals surface area contributed by atoms with Crippen LogP contribution in [0.2, 0.25) is 0 Å². The highest BCUT2D eigenvalue weighted by Crippen LogP contribution is 2.32. The Morgan fingerprint density at radius 3 is 2.41 bits per heavy atom. The first-order valence-corrected chi connectivity index (χ1v) is 14.6. The van der Waals surface area contributed by atoms with Crippen LogP contribution in [0.5, 0.6) is 28.1 Å². The molecule has 0 aliphatic rings. The van der Waals surface area contributed by atoms with Gasteiger partial charge in [-0.1, -0.05) is 23.5 Å². The first kappa shape index (κ1) is 28.1. The van der Waals surface area contributed by atoms with Crippen molar-refractivity contribution in [2.45, 2.75) is 24.8 Å². The van der Waals surface area contributed by atoms with Crippen LogP contribution in [-0.4, -0.2) is 45.4 Å². The highest BCUT2D eigenvalue weighted by molar-refractivity contribution is 7.90. The molecule has 0 saturated heterocycles. The zero-order chi connectivity index (χ0) is 28.0. The Labute approximate surface area is 231 Å². The van der Waals surface area contributed by atoms with Crippen LogP contribution in [0.4, 0.5) is 5.13 Å². The number of carbonyl (C=O) groups is 1. The fourth-order valence-electron chi connectivity index (χ4n) is 3.55. The SMILES string of the molecule is COC[C@H](C)Oc1cc(Oc2ccc(S(C)(=O)=O)cc2)cc(C(=O)Nc2ncc(Oc3cccc(C)c3)s2)c1. The third-order valence-corrected chi connectivity index (χ3v) is 7.20. The Hall–Kier alpha value is -3.93. The summed E-state index contributed by atoms with van der Waals surface area (Å²) in [6.07, 6.45) is 2.40.